The summed E-state index contributed by atoms with van der Waals surface area (Å²) >= 11 is 0. The van der Waals surface area contributed by atoms with Crippen LogP contribution < -0.4 is 5.32 Å². The highest BCUT2D eigenvalue weighted by atomic mass is 28.4. The SMILES string of the molecule is CNCC(C)(C)CC[Si](OC)(OC)OC. The van der Waals surface area contributed by atoms with Gasteiger partial charge in [-0.25, -0.2) is 0 Å². The molecular weight excluding hydrogens is 210 g/mol. The van der Waals surface area contributed by atoms with Crippen LogP contribution in [0.3, 0.4) is 0 Å². The minimum atomic E-state index is -2.38. The zero-order valence-corrected chi connectivity index (χ0v) is 11.8. The number of rotatable bonds is 8. The molecule has 0 bridgehead atoms. The first-order chi connectivity index (χ1) is 6.95. The van der Waals surface area contributed by atoms with Crippen LogP contribution in [0.25, 0.3) is 0 Å². The molecule has 0 fully saturated rings. The minimum absolute atomic E-state index is 0.239. The molecule has 0 heterocycles. The van der Waals surface area contributed by atoms with E-state index in [1.54, 1.807) is 21.3 Å². The van der Waals surface area contributed by atoms with Crippen molar-refractivity contribution >= 4 is 8.80 Å². The molecule has 0 aliphatic carbocycles. The van der Waals surface area contributed by atoms with Gasteiger partial charge in [-0.1, -0.05) is 13.8 Å². The van der Waals surface area contributed by atoms with Crippen LogP contribution in [-0.2, 0) is 13.3 Å². The van der Waals surface area contributed by atoms with Gasteiger partial charge in [0.15, 0.2) is 0 Å². The lowest BCUT2D eigenvalue weighted by atomic mass is 9.90. The van der Waals surface area contributed by atoms with Gasteiger partial charge >= 0.3 is 8.80 Å². The minimum Gasteiger partial charge on any atom is -0.377 e. The lowest BCUT2D eigenvalue weighted by Crippen LogP contribution is -2.44. The van der Waals surface area contributed by atoms with Crippen LogP contribution >= 0.6 is 0 Å². The predicted octanol–water partition coefficient (Wildman–Crippen LogP) is 1.50. The molecule has 0 radical (unpaired) electrons. The smallest absolute Gasteiger partial charge is 0.377 e. The maximum Gasteiger partial charge on any atom is 0.500 e. The Morgan fingerprint density at radius 2 is 1.53 bits per heavy atom. The summed E-state index contributed by atoms with van der Waals surface area (Å²) in [6.45, 7) is 5.43. The molecule has 4 nitrogen and oxygen atoms in total. The lowest BCUT2D eigenvalue weighted by Gasteiger charge is -2.30. The van der Waals surface area contributed by atoms with Gasteiger partial charge in [-0.2, -0.15) is 0 Å². The summed E-state index contributed by atoms with van der Waals surface area (Å²) < 4.78 is 16.2. The molecule has 0 aromatic carbocycles. The zero-order valence-electron chi connectivity index (χ0n) is 10.8. The molecule has 0 aromatic rings. The van der Waals surface area contributed by atoms with E-state index in [1.165, 1.54) is 0 Å². The summed E-state index contributed by atoms with van der Waals surface area (Å²) in [6, 6.07) is 0.852. The van der Waals surface area contributed by atoms with Crippen molar-refractivity contribution in [2.24, 2.45) is 5.41 Å². The molecule has 0 aliphatic heterocycles. The Kier molecular flexibility index (Phi) is 6.62. The highest BCUT2D eigenvalue weighted by Crippen LogP contribution is 2.26. The van der Waals surface area contributed by atoms with Crippen LogP contribution in [-0.4, -0.2) is 43.7 Å². The van der Waals surface area contributed by atoms with Gasteiger partial charge in [-0.3, -0.25) is 0 Å². The average molecular weight is 235 g/mol. The zero-order chi connectivity index (χ0) is 11.9. The number of hydrogen-bond acceptors (Lipinski definition) is 4. The molecule has 5 heteroatoms. The van der Waals surface area contributed by atoms with E-state index >= 15 is 0 Å². The van der Waals surface area contributed by atoms with Gasteiger partial charge in [-0.15, -0.1) is 0 Å². The fourth-order valence-electron chi connectivity index (χ4n) is 1.61. The molecule has 15 heavy (non-hydrogen) atoms. The lowest BCUT2D eigenvalue weighted by molar-refractivity contribution is 0.118. The molecule has 0 aromatic heterocycles. The molecule has 0 rings (SSSR count). The number of hydrogen-bond donors (Lipinski definition) is 1. The van der Waals surface area contributed by atoms with Gasteiger partial charge in [0, 0.05) is 27.4 Å². The van der Waals surface area contributed by atoms with Crippen LogP contribution in [0.15, 0.2) is 0 Å². The van der Waals surface area contributed by atoms with Gasteiger partial charge in [0.05, 0.1) is 0 Å². The second kappa shape index (κ2) is 6.60. The van der Waals surface area contributed by atoms with Crippen molar-refractivity contribution in [2.45, 2.75) is 26.3 Å². The summed E-state index contributed by atoms with van der Waals surface area (Å²) in [4.78, 5) is 0. The Hall–Kier alpha value is 0.0569. The Labute approximate surface area is 94.7 Å². The largest absolute Gasteiger partial charge is 0.500 e. The van der Waals surface area contributed by atoms with Gasteiger partial charge in [0.2, 0.25) is 0 Å². The third kappa shape index (κ3) is 5.08. The molecule has 0 atom stereocenters. The van der Waals surface area contributed by atoms with E-state index in [-0.39, 0.29) is 5.41 Å². The van der Waals surface area contributed by atoms with E-state index in [2.05, 4.69) is 19.2 Å². The maximum absolute atomic E-state index is 5.38. The van der Waals surface area contributed by atoms with Crippen molar-refractivity contribution in [3.63, 3.8) is 0 Å². The van der Waals surface area contributed by atoms with E-state index in [0.717, 1.165) is 19.0 Å². The molecule has 0 saturated carbocycles. The van der Waals surface area contributed by atoms with Crippen molar-refractivity contribution in [1.82, 2.24) is 5.32 Å². The van der Waals surface area contributed by atoms with Crippen molar-refractivity contribution in [1.29, 1.82) is 0 Å². The normalized spacial score (nSPS) is 13.2. The predicted molar refractivity (Wildman–Crippen MR) is 63.9 cm³/mol. The first-order valence-electron chi connectivity index (χ1n) is 5.25. The Morgan fingerprint density at radius 1 is 1.07 bits per heavy atom. The van der Waals surface area contributed by atoms with E-state index in [9.17, 15) is 0 Å². The topological polar surface area (TPSA) is 39.7 Å². The highest BCUT2D eigenvalue weighted by molar-refractivity contribution is 6.60. The van der Waals surface area contributed by atoms with E-state index < -0.39 is 8.80 Å². The standard InChI is InChI=1S/C10H25NO3Si/c1-10(2,9-11-3)7-8-15(12-4,13-5)14-6/h11H,7-9H2,1-6H3. The molecule has 0 aliphatic rings. The van der Waals surface area contributed by atoms with Crippen LogP contribution in [0.1, 0.15) is 20.3 Å². The Balaban J connectivity index is 4.20. The summed E-state index contributed by atoms with van der Waals surface area (Å²) in [5.74, 6) is 0. The molecular formula is C10H25NO3Si. The van der Waals surface area contributed by atoms with Crippen LogP contribution in [0, 0.1) is 5.41 Å². The quantitative estimate of drug-likeness (QED) is 0.647. The van der Waals surface area contributed by atoms with Crippen molar-refractivity contribution in [2.75, 3.05) is 34.9 Å². The molecule has 92 valence electrons. The number of nitrogens with one attached hydrogen (secondary N) is 1. The monoisotopic (exact) mass is 235 g/mol. The highest BCUT2D eigenvalue weighted by Gasteiger charge is 2.39. The first-order valence-corrected chi connectivity index (χ1v) is 7.18. The molecule has 0 saturated heterocycles. The summed E-state index contributed by atoms with van der Waals surface area (Å²) in [5.41, 5.74) is 0.239. The molecule has 1 N–H and O–H groups in total. The second-order valence-electron chi connectivity index (χ2n) is 4.49. The van der Waals surface area contributed by atoms with Crippen LogP contribution in [0.2, 0.25) is 6.04 Å². The van der Waals surface area contributed by atoms with E-state index in [1.807, 2.05) is 7.05 Å². The third-order valence-corrected chi connectivity index (χ3v) is 5.42. The Morgan fingerprint density at radius 3 is 1.87 bits per heavy atom. The van der Waals surface area contributed by atoms with E-state index in [4.69, 9.17) is 13.3 Å². The summed E-state index contributed by atoms with van der Waals surface area (Å²) in [6.07, 6.45) is 1.02. The van der Waals surface area contributed by atoms with Crippen molar-refractivity contribution in [3.8, 4) is 0 Å². The molecule has 0 spiro atoms. The van der Waals surface area contributed by atoms with Gasteiger partial charge in [0.25, 0.3) is 0 Å². The fourth-order valence-corrected chi connectivity index (χ4v) is 3.71. The van der Waals surface area contributed by atoms with Gasteiger partial charge in [-0.05, 0) is 25.4 Å². The van der Waals surface area contributed by atoms with Crippen molar-refractivity contribution < 1.29 is 13.3 Å². The van der Waals surface area contributed by atoms with E-state index in [0.29, 0.717) is 0 Å². The van der Waals surface area contributed by atoms with Crippen LogP contribution in [0.5, 0.6) is 0 Å². The Bertz CT molecular complexity index is 164. The van der Waals surface area contributed by atoms with Crippen molar-refractivity contribution in [3.05, 3.63) is 0 Å². The third-order valence-electron chi connectivity index (χ3n) is 2.70. The summed E-state index contributed by atoms with van der Waals surface area (Å²) in [7, 11) is 4.55. The average Bonchev–Trinajstić information content (AvgIpc) is 2.21. The fraction of sp³-hybridized carbons (Fsp3) is 1.00. The molecule has 0 amide bonds. The second-order valence-corrected chi connectivity index (χ2v) is 7.58. The maximum atomic E-state index is 5.38. The molecule has 0 unspecified atom stereocenters. The summed E-state index contributed by atoms with van der Waals surface area (Å²) in [5, 5.41) is 3.19. The van der Waals surface area contributed by atoms with Crippen LogP contribution in [0.4, 0.5) is 0 Å². The van der Waals surface area contributed by atoms with Gasteiger partial charge < -0.3 is 18.6 Å². The van der Waals surface area contributed by atoms with Gasteiger partial charge in [0.1, 0.15) is 0 Å². The first kappa shape index (κ1) is 15.1.